The molecule has 78 valence electrons. The molecule has 1 aromatic carbocycles. The number of rotatable bonds is 2. The first-order valence-corrected chi connectivity index (χ1v) is 3.98. The van der Waals surface area contributed by atoms with Crippen LogP contribution in [0.2, 0.25) is 0 Å². The zero-order valence-corrected chi connectivity index (χ0v) is 7.56. The van der Waals surface area contributed by atoms with Crippen LogP contribution in [0, 0.1) is 6.92 Å². The van der Waals surface area contributed by atoms with Crippen LogP contribution in [-0.2, 0) is 6.54 Å². The third kappa shape index (κ3) is 2.92. The molecular weight excluding hydrogens is 195 g/mol. The Bertz CT molecular complexity index is 322. The number of benzene rings is 1. The maximum absolute atomic E-state index is 11.9. The Kier molecular flexibility index (Phi) is 3.00. The Morgan fingerprint density at radius 2 is 2.00 bits per heavy atom. The molecule has 14 heavy (non-hydrogen) atoms. The summed E-state index contributed by atoms with van der Waals surface area (Å²) >= 11 is 0. The number of alkyl halides is 3. The van der Waals surface area contributed by atoms with E-state index in [1.165, 1.54) is 6.07 Å². The predicted octanol–water partition coefficient (Wildman–Crippen LogP) is 2.35. The lowest BCUT2D eigenvalue weighted by molar-refractivity contribution is -0.274. The van der Waals surface area contributed by atoms with E-state index in [9.17, 15) is 13.2 Å². The molecule has 0 aliphatic carbocycles. The Balaban J connectivity index is 2.97. The van der Waals surface area contributed by atoms with Crippen molar-refractivity contribution in [1.29, 1.82) is 0 Å². The third-order valence-corrected chi connectivity index (χ3v) is 1.66. The van der Waals surface area contributed by atoms with Crippen LogP contribution in [0.1, 0.15) is 11.1 Å². The van der Waals surface area contributed by atoms with Crippen molar-refractivity contribution in [3.8, 4) is 5.75 Å². The number of aryl methyl sites for hydroxylation is 1. The Morgan fingerprint density at radius 1 is 1.36 bits per heavy atom. The highest BCUT2D eigenvalue weighted by atomic mass is 19.4. The van der Waals surface area contributed by atoms with Crippen molar-refractivity contribution < 1.29 is 17.9 Å². The molecule has 0 radical (unpaired) electrons. The summed E-state index contributed by atoms with van der Waals surface area (Å²) in [6.45, 7) is 1.80. The predicted molar refractivity (Wildman–Crippen MR) is 45.8 cm³/mol. The lowest BCUT2D eigenvalue weighted by atomic mass is 10.1. The Labute approximate surface area is 79.5 Å². The topological polar surface area (TPSA) is 35.2 Å². The molecule has 0 saturated heterocycles. The van der Waals surface area contributed by atoms with E-state index >= 15 is 0 Å². The van der Waals surface area contributed by atoms with E-state index in [2.05, 4.69) is 4.74 Å². The molecule has 0 saturated carbocycles. The first-order chi connectivity index (χ1) is 6.42. The molecular formula is C9H10F3NO. The molecule has 0 spiro atoms. The van der Waals surface area contributed by atoms with Crippen LogP contribution in [-0.4, -0.2) is 6.36 Å². The summed E-state index contributed by atoms with van der Waals surface area (Å²) in [6.07, 6.45) is -4.67. The van der Waals surface area contributed by atoms with Crippen molar-refractivity contribution in [2.24, 2.45) is 5.73 Å². The summed E-state index contributed by atoms with van der Waals surface area (Å²) in [7, 11) is 0. The van der Waals surface area contributed by atoms with Crippen LogP contribution in [0.5, 0.6) is 5.75 Å². The van der Waals surface area contributed by atoms with Crippen LogP contribution in [0.4, 0.5) is 13.2 Å². The van der Waals surface area contributed by atoms with Gasteiger partial charge in [0, 0.05) is 12.1 Å². The fourth-order valence-electron chi connectivity index (χ4n) is 1.09. The van der Waals surface area contributed by atoms with Crippen molar-refractivity contribution in [3.63, 3.8) is 0 Å². The van der Waals surface area contributed by atoms with Crippen LogP contribution in [0.15, 0.2) is 18.2 Å². The highest BCUT2D eigenvalue weighted by Gasteiger charge is 2.31. The number of hydrogen-bond donors (Lipinski definition) is 1. The molecule has 0 fully saturated rings. The minimum atomic E-state index is -4.67. The van der Waals surface area contributed by atoms with E-state index in [-0.39, 0.29) is 12.3 Å². The summed E-state index contributed by atoms with van der Waals surface area (Å²) in [6, 6.07) is 4.38. The average molecular weight is 205 g/mol. The smallest absolute Gasteiger partial charge is 0.405 e. The van der Waals surface area contributed by atoms with Gasteiger partial charge in [0.1, 0.15) is 5.75 Å². The standard InChI is InChI=1S/C9H10F3NO/c1-6-2-3-8(7(4-6)5-13)14-9(10,11)12/h2-4H,5,13H2,1H3. The molecule has 2 N–H and O–H groups in total. The number of halogens is 3. The second-order valence-corrected chi connectivity index (χ2v) is 2.86. The molecule has 1 aromatic rings. The van der Waals surface area contributed by atoms with Crippen molar-refractivity contribution in [3.05, 3.63) is 29.3 Å². The van der Waals surface area contributed by atoms with Crippen molar-refractivity contribution >= 4 is 0 Å². The van der Waals surface area contributed by atoms with Gasteiger partial charge in [0.15, 0.2) is 0 Å². The molecule has 0 heterocycles. The van der Waals surface area contributed by atoms with Crippen LogP contribution in [0.3, 0.4) is 0 Å². The van der Waals surface area contributed by atoms with E-state index in [0.717, 1.165) is 5.56 Å². The summed E-state index contributed by atoms with van der Waals surface area (Å²) in [4.78, 5) is 0. The summed E-state index contributed by atoms with van der Waals surface area (Å²) < 4.78 is 39.5. The van der Waals surface area contributed by atoms with Gasteiger partial charge >= 0.3 is 6.36 Å². The number of hydrogen-bond acceptors (Lipinski definition) is 2. The lowest BCUT2D eigenvalue weighted by Crippen LogP contribution is -2.18. The summed E-state index contributed by atoms with van der Waals surface area (Å²) in [5, 5.41) is 0. The molecule has 5 heteroatoms. The quantitative estimate of drug-likeness (QED) is 0.804. The highest BCUT2D eigenvalue weighted by molar-refractivity contribution is 5.36. The van der Waals surface area contributed by atoms with Crippen LogP contribution >= 0.6 is 0 Å². The van der Waals surface area contributed by atoms with Crippen molar-refractivity contribution in [2.75, 3.05) is 0 Å². The minimum Gasteiger partial charge on any atom is -0.405 e. The molecule has 0 atom stereocenters. The normalized spacial score (nSPS) is 11.5. The van der Waals surface area contributed by atoms with E-state index in [1.807, 2.05) is 0 Å². The molecule has 0 amide bonds. The molecule has 0 unspecified atom stereocenters. The summed E-state index contributed by atoms with van der Waals surface area (Å²) in [5.74, 6) is -0.231. The van der Waals surface area contributed by atoms with Crippen LogP contribution < -0.4 is 10.5 Å². The van der Waals surface area contributed by atoms with Gasteiger partial charge in [-0.05, 0) is 13.0 Å². The molecule has 0 aliphatic rings. The van der Waals surface area contributed by atoms with E-state index in [0.29, 0.717) is 5.56 Å². The van der Waals surface area contributed by atoms with Gasteiger partial charge in [-0.2, -0.15) is 0 Å². The first kappa shape index (κ1) is 10.8. The third-order valence-electron chi connectivity index (χ3n) is 1.66. The maximum atomic E-state index is 11.9. The number of ether oxygens (including phenoxy) is 1. The number of nitrogens with two attached hydrogens (primary N) is 1. The van der Waals surface area contributed by atoms with E-state index in [4.69, 9.17) is 5.73 Å². The Morgan fingerprint density at radius 3 is 2.50 bits per heavy atom. The molecule has 1 rings (SSSR count). The van der Waals surface area contributed by atoms with Crippen molar-refractivity contribution in [2.45, 2.75) is 19.8 Å². The fraction of sp³-hybridized carbons (Fsp3) is 0.333. The van der Waals surface area contributed by atoms with Gasteiger partial charge in [0.2, 0.25) is 0 Å². The summed E-state index contributed by atoms with van der Waals surface area (Å²) in [5.41, 5.74) is 6.49. The van der Waals surface area contributed by atoms with Crippen molar-refractivity contribution in [1.82, 2.24) is 0 Å². The fourth-order valence-corrected chi connectivity index (χ4v) is 1.09. The second kappa shape index (κ2) is 3.88. The van der Waals surface area contributed by atoms with Crippen LogP contribution in [0.25, 0.3) is 0 Å². The monoisotopic (exact) mass is 205 g/mol. The Hall–Kier alpha value is -1.23. The van der Waals surface area contributed by atoms with Gasteiger partial charge in [0.05, 0.1) is 0 Å². The van der Waals surface area contributed by atoms with Gasteiger partial charge in [-0.25, -0.2) is 0 Å². The molecule has 0 aromatic heterocycles. The minimum absolute atomic E-state index is 0.0209. The van der Waals surface area contributed by atoms with Gasteiger partial charge in [0.25, 0.3) is 0 Å². The van der Waals surface area contributed by atoms with Gasteiger partial charge < -0.3 is 10.5 Å². The highest BCUT2D eigenvalue weighted by Crippen LogP contribution is 2.26. The van der Waals surface area contributed by atoms with Gasteiger partial charge in [-0.15, -0.1) is 13.2 Å². The SMILES string of the molecule is Cc1ccc(OC(F)(F)F)c(CN)c1. The van der Waals surface area contributed by atoms with Gasteiger partial charge in [-0.1, -0.05) is 17.7 Å². The maximum Gasteiger partial charge on any atom is 0.573 e. The van der Waals surface area contributed by atoms with E-state index < -0.39 is 6.36 Å². The molecule has 0 bridgehead atoms. The van der Waals surface area contributed by atoms with E-state index in [1.54, 1.807) is 19.1 Å². The molecule has 0 aliphatic heterocycles. The average Bonchev–Trinajstić information content (AvgIpc) is 2.06. The van der Waals surface area contributed by atoms with Gasteiger partial charge in [-0.3, -0.25) is 0 Å². The second-order valence-electron chi connectivity index (χ2n) is 2.86. The zero-order valence-electron chi connectivity index (χ0n) is 7.56. The lowest BCUT2D eigenvalue weighted by Gasteiger charge is -2.12. The molecule has 2 nitrogen and oxygen atoms in total. The largest absolute Gasteiger partial charge is 0.573 e. The first-order valence-electron chi connectivity index (χ1n) is 3.98. The zero-order chi connectivity index (χ0) is 10.8.